The number of ether oxygens (including phenoxy) is 1. The van der Waals surface area contributed by atoms with Crippen LogP contribution >= 0.6 is 0 Å². The zero-order chi connectivity index (χ0) is 16.6. The van der Waals surface area contributed by atoms with E-state index in [1.165, 1.54) is 37.9 Å². The van der Waals surface area contributed by atoms with Crippen molar-refractivity contribution in [1.29, 1.82) is 0 Å². The van der Waals surface area contributed by atoms with Crippen LogP contribution in [0, 0.1) is 0 Å². The highest BCUT2D eigenvalue weighted by molar-refractivity contribution is 5.28. The number of H-pyrrole nitrogens is 2. The van der Waals surface area contributed by atoms with Crippen LogP contribution in [-0.4, -0.2) is 34.8 Å². The molecule has 0 atom stereocenters. The lowest BCUT2D eigenvalue weighted by Crippen LogP contribution is -2.29. The number of aromatic amines is 2. The van der Waals surface area contributed by atoms with Gasteiger partial charge in [-0.25, -0.2) is 0 Å². The van der Waals surface area contributed by atoms with E-state index < -0.39 is 0 Å². The van der Waals surface area contributed by atoms with E-state index in [1.54, 1.807) is 6.07 Å². The molecule has 2 N–H and O–H groups in total. The number of unbranched alkanes of at least 4 members (excludes halogenated alkanes) is 1. The van der Waals surface area contributed by atoms with Gasteiger partial charge in [-0.05, 0) is 62.9 Å². The zero-order valence-corrected chi connectivity index (χ0v) is 14.2. The molecule has 130 valence electrons. The molecule has 5 heteroatoms. The highest BCUT2D eigenvalue weighted by Crippen LogP contribution is 2.18. The Hall–Kier alpha value is -2.01. The van der Waals surface area contributed by atoms with Gasteiger partial charge in [0, 0.05) is 18.3 Å². The second-order valence-electron chi connectivity index (χ2n) is 6.57. The maximum atomic E-state index is 11.0. The monoisotopic (exact) mass is 329 g/mol. The third kappa shape index (κ3) is 5.27. The Balaban J connectivity index is 1.38. The molecule has 0 spiro atoms. The lowest BCUT2D eigenvalue weighted by atomic mass is 10.1. The Kier molecular flexibility index (Phi) is 6.13. The number of benzene rings is 1. The second kappa shape index (κ2) is 8.73. The predicted molar refractivity (Wildman–Crippen MR) is 95.4 cm³/mol. The summed E-state index contributed by atoms with van der Waals surface area (Å²) in [6, 6.07) is 10.1. The Morgan fingerprint density at radius 2 is 1.92 bits per heavy atom. The first-order valence-corrected chi connectivity index (χ1v) is 9.00. The summed E-state index contributed by atoms with van der Waals surface area (Å²) in [5, 5.41) is 5.44. The molecule has 0 bridgehead atoms. The summed E-state index contributed by atoms with van der Waals surface area (Å²) in [5.41, 5.74) is 2.23. The molecule has 5 nitrogen and oxygen atoms in total. The minimum atomic E-state index is -0.0632. The summed E-state index contributed by atoms with van der Waals surface area (Å²) in [7, 11) is 0. The van der Waals surface area contributed by atoms with Gasteiger partial charge in [0.25, 0.3) is 5.56 Å². The normalized spacial score (nSPS) is 15.5. The van der Waals surface area contributed by atoms with Gasteiger partial charge in [-0.1, -0.05) is 18.6 Å². The Labute approximate surface area is 143 Å². The topological polar surface area (TPSA) is 61.1 Å². The molecule has 0 unspecified atom stereocenters. The minimum absolute atomic E-state index is 0.0632. The number of aryl methyl sites for hydroxylation is 1. The van der Waals surface area contributed by atoms with Gasteiger partial charge in [-0.2, -0.15) is 0 Å². The van der Waals surface area contributed by atoms with Crippen molar-refractivity contribution in [1.82, 2.24) is 15.1 Å². The predicted octanol–water partition coefficient (Wildman–Crippen LogP) is 3.09. The van der Waals surface area contributed by atoms with Crippen molar-refractivity contribution in [3.8, 4) is 5.75 Å². The van der Waals surface area contributed by atoms with E-state index >= 15 is 0 Å². The van der Waals surface area contributed by atoms with E-state index in [9.17, 15) is 4.79 Å². The van der Waals surface area contributed by atoms with E-state index in [0.29, 0.717) is 6.61 Å². The van der Waals surface area contributed by atoms with Gasteiger partial charge in [0.05, 0.1) is 6.61 Å². The second-order valence-corrected chi connectivity index (χ2v) is 6.57. The fraction of sp³-hybridized carbons (Fsp3) is 0.526. The van der Waals surface area contributed by atoms with Crippen molar-refractivity contribution in [2.45, 2.75) is 45.1 Å². The van der Waals surface area contributed by atoms with Crippen LogP contribution in [0.4, 0.5) is 0 Å². The minimum Gasteiger partial charge on any atom is -0.494 e. The summed E-state index contributed by atoms with van der Waals surface area (Å²) < 4.78 is 5.88. The number of likely N-dealkylation sites (tertiary alicyclic amines) is 1. The van der Waals surface area contributed by atoms with E-state index in [2.05, 4.69) is 33.3 Å². The van der Waals surface area contributed by atoms with Gasteiger partial charge in [-0.15, -0.1) is 0 Å². The summed E-state index contributed by atoms with van der Waals surface area (Å²) in [6.45, 7) is 4.17. The first-order valence-electron chi connectivity index (χ1n) is 9.00. The first kappa shape index (κ1) is 16.8. The molecule has 1 fully saturated rings. The molecule has 0 saturated carbocycles. The Morgan fingerprint density at radius 1 is 1.04 bits per heavy atom. The highest BCUT2D eigenvalue weighted by atomic mass is 16.5. The van der Waals surface area contributed by atoms with E-state index in [0.717, 1.165) is 37.3 Å². The van der Waals surface area contributed by atoms with Gasteiger partial charge in [-0.3, -0.25) is 14.8 Å². The van der Waals surface area contributed by atoms with Crippen molar-refractivity contribution in [3.63, 3.8) is 0 Å². The van der Waals surface area contributed by atoms with Gasteiger partial charge in [0.15, 0.2) is 0 Å². The van der Waals surface area contributed by atoms with Crippen molar-refractivity contribution in [3.05, 3.63) is 51.9 Å². The van der Waals surface area contributed by atoms with Gasteiger partial charge >= 0.3 is 0 Å². The molecule has 3 rings (SSSR count). The average Bonchev–Trinajstić information content (AvgIpc) is 3.01. The molecular formula is C19H27N3O2. The quantitative estimate of drug-likeness (QED) is 0.732. The SMILES string of the molecule is O=c1cc(CCCCOc2cccc(CN3CCCCC3)c2)[nH][nH]1. The fourth-order valence-corrected chi connectivity index (χ4v) is 3.22. The number of hydrogen-bond donors (Lipinski definition) is 2. The molecule has 0 aliphatic carbocycles. The zero-order valence-electron chi connectivity index (χ0n) is 14.2. The van der Waals surface area contributed by atoms with Crippen molar-refractivity contribution in [2.75, 3.05) is 19.7 Å². The number of nitrogens with one attached hydrogen (secondary N) is 2. The maximum absolute atomic E-state index is 11.0. The largest absolute Gasteiger partial charge is 0.494 e. The van der Waals surface area contributed by atoms with E-state index in [1.807, 2.05) is 6.07 Å². The molecule has 1 aromatic carbocycles. The first-order chi connectivity index (χ1) is 11.8. The van der Waals surface area contributed by atoms with Crippen LogP contribution in [0.3, 0.4) is 0 Å². The summed E-state index contributed by atoms with van der Waals surface area (Å²) in [5.74, 6) is 0.958. The number of nitrogens with zero attached hydrogens (tertiary/aromatic N) is 1. The molecule has 0 amide bonds. The van der Waals surface area contributed by atoms with E-state index in [-0.39, 0.29) is 5.56 Å². The smallest absolute Gasteiger partial charge is 0.264 e. The number of piperidine rings is 1. The van der Waals surface area contributed by atoms with E-state index in [4.69, 9.17) is 4.74 Å². The number of hydrogen-bond acceptors (Lipinski definition) is 3. The maximum Gasteiger partial charge on any atom is 0.264 e. The van der Waals surface area contributed by atoms with Crippen molar-refractivity contribution >= 4 is 0 Å². The molecule has 2 aromatic rings. The lowest BCUT2D eigenvalue weighted by Gasteiger charge is -2.26. The van der Waals surface area contributed by atoms with Gasteiger partial charge in [0.1, 0.15) is 5.75 Å². The lowest BCUT2D eigenvalue weighted by molar-refractivity contribution is 0.220. The summed E-state index contributed by atoms with van der Waals surface area (Å²) >= 11 is 0. The van der Waals surface area contributed by atoms with Crippen LogP contribution in [0.2, 0.25) is 0 Å². The average molecular weight is 329 g/mol. The Morgan fingerprint density at radius 3 is 2.71 bits per heavy atom. The third-order valence-electron chi connectivity index (χ3n) is 4.51. The molecule has 1 aliphatic heterocycles. The van der Waals surface area contributed by atoms with Gasteiger partial charge in [0.2, 0.25) is 0 Å². The van der Waals surface area contributed by atoms with Crippen LogP contribution in [0.5, 0.6) is 5.75 Å². The fourth-order valence-electron chi connectivity index (χ4n) is 3.22. The molecule has 1 saturated heterocycles. The number of aromatic nitrogens is 2. The highest BCUT2D eigenvalue weighted by Gasteiger charge is 2.10. The van der Waals surface area contributed by atoms with Crippen LogP contribution in [0.25, 0.3) is 0 Å². The van der Waals surface area contributed by atoms with Gasteiger partial charge < -0.3 is 9.84 Å². The summed E-state index contributed by atoms with van der Waals surface area (Å²) in [6.07, 6.45) is 6.86. The van der Waals surface area contributed by atoms with Crippen LogP contribution < -0.4 is 10.3 Å². The number of rotatable bonds is 8. The van der Waals surface area contributed by atoms with Crippen LogP contribution in [0.1, 0.15) is 43.4 Å². The standard InChI is InChI=1S/C19H27N3O2/c23-19-14-17(20-21-19)8-2-5-12-24-18-9-6-7-16(13-18)15-22-10-3-1-4-11-22/h6-7,9,13-14H,1-5,8,10-12,15H2,(H2,20,21,23). The molecule has 0 radical (unpaired) electrons. The van der Waals surface area contributed by atoms with Crippen LogP contribution in [-0.2, 0) is 13.0 Å². The van der Waals surface area contributed by atoms with Crippen LogP contribution in [0.15, 0.2) is 35.1 Å². The molecular weight excluding hydrogens is 302 g/mol. The van der Waals surface area contributed by atoms with Crippen molar-refractivity contribution in [2.24, 2.45) is 0 Å². The molecule has 1 aromatic heterocycles. The molecule has 2 heterocycles. The molecule has 1 aliphatic rings. The summed E-state index contributed by atoms with van der Waals surface area (Å²) in [4.78, 5) is 13.6. The van der Waals surface area contributed by atoms with Crippen molar-refractivity contribution < 1.29 is 4.74 Å². The molecule has 24 heavy (non-hydrogen) atoms. The third-order valence-corrected chi connectivity index (χ3v) is 4.51. The Bertz CT molecular complexity index is 671.